The fourth-order valence-corrected chi connectivity index (χ4v) is 4.80. The maximum absolute atomic E-state index is 12.9. The summed E-state index contributed by atoms with van der Waals surface area (Å²) in [6, 6.07) is 5.46. The summed E-state index contributed by atoms with van der Waals surface area (Å²) in [5.74, 6) is 1.75. The van der Waals surface area contributed by atoms with Gasteiger partial charge in [-0.2, -0.15) is 5.10 Å². The van der Waals surface area contributed by atoms with E-state index in [0.29, 0.717) is 28.1 Å². The highest BCUT2D eigenvalue weighted by molar-refractivity contribution is 6.07. The van der Waals surface area contributed by atoms with Crippen molar-refractivity contribution in [3.8, 4) is 5.75 Å². The number of aromatic nitrogens is 3. The van der Waals surface area contributed by atoms with Crippen molar-refractivity contribution >= 4 is 28.2 Å². The summed E-state index contributed by atoms with van der Waals surface area (Å²) >= 11 is 0. The molecule has 1 saturated carbocycles. The second-order valence-corrected chi connectivity index (χ2v) is 8.30. The van der Waals surface area contributed by atoms with Gasteiger partial charge in [0.2, 0.25) is 0 Å². The quantitative estimate of drug-likeness (QED) is 0.686. The number of hydrogen-bond donors (Lipinski definition) is 2. The van der Waals surface area contributed by atoms with Gasteiger partial charge in [-0.25, -0.2) is 4.79 Å². The number of allylic oxidation sites excluding steroid dienone is 2. The molecule has 6 rings (SSSR count). The molecule has 144 valence electrons. The Morgan fingerprint density at radius 2 is 2.07 bits per heavy atom. The third-order valence-electron chi connectivity index (χ3n) is 6.67. The first-order valence-electron chi connectivity index (χ1n) is 9.50. The van der Waals surface area contributed by atoms with Crippen LogP contribution in [-0.2, 0) is 0 Å². The summed E-state index contributed by atoms with van der Waals surface area (Å²) in [7, 11) is 1.56. The molecule has 2 heterocycles. The highest BCUT2D eigenvalue weighted by atomic mass is 16.5. The molecule has 0 spiro atoms. The fourth-order valence-electron chi connectivity index (χ4n) is 4.80. The highest BCUT2D eigenvalue weighted by Crippen LogP contribution is 2.58. The summed E-state index contributed by atoms with van der Waals surface area (Å²) in [6.07, 6.45) is 6.03. The molecule has 1 aromatic carbocycles. The number of ether oxygens (including phenoxy) is 1. The maximum Gasteiger partial charge on any atom is 0.350 e. The Labute approximate surface area is 160 Å². The molecule has 0 unspecified atom stereocenters. The van der Waals surface area contributed by atoms with Crippen molar-refractivity contribution in [1.82, 2.24) is 14.6 Å². The lowest BCUT2D eigenvalue weighted by Crippen LogP contribution is -2.48. The van der Waals surface area contributed by atoms with Gasteiger partial charge in [0.1, 0.15) is 11.3 Å². The summed E-state index contributed by atoms with van der Waals surface area (Å²) < 4.78 is 6.27. The van der Waals surface area contributed by atoms with E-state index in [1.807, 2.05) is 12.1 Å². The van der Waals surface area contributed by atoms with E-state index in [4.69, 9.17) is 4.74 Å². The number of nitrogens with zero attached hydrogens (tertiary/aromatic N) is 2. The largest absolute Gasteiger partial charge is 0.496 e. The zero-order valence-electron chi connectivity index (χ0n) is 16.1. The summed E-state index contributed by atoms with van der Waals surface area (Å²) in [6.45, 7) is 4.55. The molecule has 3 aromatic rings. The van der Waals surface area contributed by atoms with Gasteiger partial charge < -0.3 is 14.7 Å². The topological polar surface area (TPSA) is 92.2 Å². The van der Waals surface area contributed by atoms with Crippen LogP contribution in [0.3, 0.4) is 0 Å². The van der Waals surface area contributed by atoms with Crippen LogP contribution >= 0.6 is 0 Å². The van der Waals surface area contributed by atoms with Crippen LogP contribution in [0.1, 0.15) is 26.7 Å². The first kappa shape index (κ1) is 17.0. The van der Waals surface area contributed by atoms with E-state index in [0.717, 1.165) is 34.5 Å². The molecule has 2 bridgehead atoms. The molecular weight excluding hydrogens is 356 g/mol. The van der Waals surface area contributed by atoms with Crippen molar-refractivity contribution < 1.29 is 4.74 Å². The van der Waals surface area contributed by atoms with E-state index in [2.05, 4.69) is 35.0 Å². The summed E-state index contributed by atoms with van der Waals surface area (Å²) in [5.41, 5.74) is 1.79. The lowest BCUT2D eigenvalue weighted by molar-refractivity contribution is -0.00127. The predicted octanol–water partition coefficient (Wildman–Crippen LogP) is 3.01. The average molecular weight is 378 g/mol. The number of benzene rings is 1. The molecule has 2 N–H and O–H groups in total. The molecule has 0 saturated heterocycles. The van der Waals surface area contributed by atoms with Crippen LogP contribution < -0.4 is 16.0 Å². The van der Waals surface area contributed by atoms with Crippen molar-refractivity contribution in [2.24, 2.45) is 22.4 Å². The van der Waals surface area contributed by atoms with E-state index in [1.165, 1.54) is 0 Å². The normalized spacial score (nSPS) is 23.2. The van der Waals surface area contributed by atoms with E-state index in [1.54, 1.807) is 19.4 Å². The van der Waals surface area contributed by atoms with Crippen LogP contribution in [0, 0.1) is 17.3 Å². The van der Waals surface area contributed by atoms with E-state index >= 15 is 0 Å². The fraction of sp³-hybridized carbons (Fsp3) is 0.381. The van der Waals surface area contributed by atoms with Crippen molar-refractivity contribution in [2.75, 3.05) is 7.11 Å². The van der Waals surface area contributed by atoms with Gasteiger partial charge in [0, 0.05) is 0 Å². The van der Waals surface area contributed by atoms with Crippen molar-refractivity contribution in [3.05, 3.63) is 50.7 Å². The predicted molar refractivity (Wildman–Crippen MR) is 109 cm³/mol. The van der Waals surface area contributed by atoms with Gasteiger partial charge in [0.05, 0.1) is 29.7 Å². The summed E-state index contributed by atoms with van der Waals surface area (Å²) in [4.78, 5) is 31.4. The third kappa shape index (κ3) is 2.19. The number of methoxy groups -OCH3 is 1. The lowest BCUT2D eigenvalue weighted by Gasteiger charge is -2.55. The second-order valence-electron chi connectivity index (χ2n) is 8.30. The number of rotatable bonds is 3. The minimum atomic E-state index is -0.567. The van der Waals surface area contributed by atoms with Gasteiger partial charge in [-0.15, -0.1) is 4.68 Å². The van der Waals surface area contributed by atoms with Gasteiger partial charge in [0.25, 0.3) is 0 Å². The molecule has 0 radical (unpaired) electrons. The second kappa shape index (κ2) is 5.70. The highest BCUT2D eigenvalue weighted by Gasteiger charge is 2.50. The molecule has 7 nitrogen and oxygen atoms in total. The van der Waals surface area contributed by atoms with Gasteiger partial charge in [-0.05, 0) is 47.8 Å². The Morgan fingerprint density at radius 1 is 1.25 bits per heavy atom. The Balaban J connectivity index is 1.63. The molecule has 2 aromatic heterocycles. The van der Waals surface area contributed by atoms with Crippen molar-refractivity contribution in [1.29, 1.82) is 0 Å². The summed E-state index contributed by atoms with van der Waals surface area (Å²) in [5, 5.41) is 4.93. The minimum Gasteiger partial charge on any atom is -0.496 e. The van der Waals surface area contributed by atoms with Crippen LogP contribution in [0.25, 0.3) is 21.9 Å². The van der Waals surface area contributed by atoms with Gasteiger partial charge in [-0.3, -0.25) is 4.79 Å². The Kier molecular flexibility index (Phi) is 3.47. The minimum absolute atomic E-state index is 0.255. The molecule has 3 aliphatic carbocycles. The third-order valence-corrected chi connectivity index (χ3v) is 6.67. The number of nitrogens with one attached hydrogen (secondary N) is 2. The van der Waals surface area contributed by atoms with Crippen molar-refractivity contribution in [3.63, 3.8) is 0 Å². The monoisotopic (exact) mass is 378 g/mol. The van der Waals surface area contributed by atoms with E-state index in [-0.39, 0.29) is 5.41 Å². The molecule has 2 atom stereocenters. The molecule has 0 aliphatic heterocycles. The smallest absolute Gasteiger partial charge is 0.350 e. The Hall–Kier alpha value is -3.09. The number of aromatic amines is 2. The number of hydrogen-bond acceptors (Lipinski definition) is 4. The number of H-pyrrole nitrogens is 2. The van der Waals surface area contributed by atoms with E-state index < -0.39 is 11.2 Å². The molecule has 28 heavy (non-hydrogen) atoms. The molecule has 7 heteroatoms. The van der Waals surface area contributed by atoms with Crippen LogP contribution in [-0.4, -0.2) is 28.0 Å². The van der Waals surface area contributed by atoms with Gasteiger partial charge in [0.15, 0.2) is 0 Å². The Bertz CT molecular complexity index is 1290. The van der Waals surface area contributed by atoms with Gasteiger partial charge >= 0.3 is 11.2 Å². The number of fused-ring (bicyclic) bond motifs is 4. The molecular formula is C21H22N4O3. The zero-order chi connectivity index (χ0) is 19.6. The van der Waals surface area contributed by atoms with Crippen LogP contribution in [0.5, 0.6) is 5.75 Å². The zero-order valence-corrected chi connectivity index (χ0v) is 16.1. The first-order valence-corrected chi connectivity index (χ1v) is 9.50. The molecule has 1 fully saturated rings. The Morgan fingerprint density at radius 3 is 2.79 bits per heavy atom. The standard InChI is InChI=1S/C21H22N4O3/c1-21(2)12-8-7-11(13(21)9-12)10-22-25-19(26)18-17(24-20(25)27)16-14(23-18)5-4-6-15(16)28-3/h4-7,10,12-13,23H,8-9H2,1-3H3,(H,24,27)/b22-10-/t12-,13+/m1/s1. The van der Waals surface area contributed by atoms with E-state index in [9.17, 15) is 9.59 Å². The lowest BCUT2D eigenvalue weighted by atomic mass is 9.49. The SMILES string of the molecule is COc1cccc2[nH]c3c(=O)n(/N=C\C4=CC[C@@H]5C[C@@H]4C5(C)C)c(=O)[nH]c3c12. The molecule has 0 amide bonds. The van der Waals surface area contributed by atoms with Gasteiger partial charge in [-0.1, -0.05) is 26.0 Å². The van der Waals surface area contributed by atoms with Crippen LogP contribution in [0.2, 0.25) is 0 Å². The average Bonchev–Trinajstić information content (AvgIpc) is 3.06. The maximum atomic E-state index is 12.9. The van der Waals surface area contributed by atoms with Crippen LogP contribution in [0.15, 0.2) is 44.5 Å². The first-order chi connectivity index (χ1) is 13.4. The van der Waals surface area contributed by atoms with Crippen LogP contribution in [0.4, 0.5) is 0 Å². The van der Waals surface area contributed by atoms with Crippen molar-refractivity contribution in [2.45, 2.75) is 26.7 Å². The molecule has 3 aliphatic rings.